The summed E-state index contributed by atoms with van der Waals surface area (Å²) in [5.41, 5.74) is 0.488. The maximum absolute atomic E-state index is 11.9. The summed E-state index contributed by atoms with van der Waals surface area (Å²) in [6.07, 6.45) is 3.59. The Hall–Kier alpha value is -2.03. The third-order valence-electron chi connectivity index (χ3n) is 3.94. The van der Waals surface area contributed by atoms with Gasteiger partial charge in [0.15, 0.2) is 0 Å². The van der Waals surface area contributed by atoms with Crippen molar-refractivity contribution in [3.8, 4) is 5.75 Å². The molecule has 0 saturated carbocycles. The van der Waals surface area contributed by atoms with E-state index in [1.165, 1.54) is 0 Å². The van der Waals surface area contributed by atoms with Crippen LogP contribution in [0.3, 0.4) is 0 Å². The molecule has 1 atom stereocenters. The predicted molar refractivity (Wildman–Crippen MR) is 87.5 cm³/mol. The lowest BCUT2D eigenvalue weighted by Crippen LogP contribution is -2.11. The topological polar surface area (TPSA) is 49.3 Å². The molecule has 0 fully saturated rings. The van der Waals surface area contributed by atoms with Crippen molar-refractivity contribution in [1.29, 1.82) is 0 Å². The van der Waals surface area contributed by atoms with E-state index in [4.69, 9.17) is 0 Å². The molecule has 0 aliphatic heterocycles. The summed E-state index contributed by atoms with van der Waals surface area (Å²) in [6, 6.07) is 11.3. The monoisotopic (exact) mass is 285 g/mol. The van der Waals surface area contributed by atoms with E-state index < -0.39 is 0 Å². The Balaban J connectivity index is 1.99. The Morgan fingerprint density at radius 2 is 1.90 bits per heavy atom. The van der Waals surface area contributed by atoms with E-state index in [1.54, 1.807) is 6.07 Å². The number of benzene rings is 2. The minimum absolute atomic E-state index is 0.0381. The highest BCUT2D eigenvalue weighted by molar-refractivity contribution is 5.96. The van der Waals surface area contributed by atoms with Crippen LogP contribution in [0.15, 0.2) is 36.4 Å². The van der Waals surface area contributed by atoms with Gasteiger partial charge in [-0.25, -0.2) is 0 Å². The summed E-state index contributed by atoms with van der Waals surface area (Å²) < 4.78 is 0. The molecule has 1 amide bonds. The third kappa shape index (κ3) is 4.22. The van der Waals surface area contributed by atoms with E-state index in [1.807, 2.05) is 30.3 Å². The molecule has 1 unspecified atom stereocenters. The second-order valence-electron chi connectivity index (χ2n) is 5.67. The van der Waals surface area contributed by atoms with Gasteiger partial charge in [0.25, 0.3) is 0 Å². The minimum atomic E-state index is -0.0381. The lowest BCUT2D eigenvalue weighted by Gasteiger charge is -2.10. The summed E-state index contributed by atoms with van der Waals surface area (Å²) in [5.74, 6) is 0.736. The van der Waals surface area contributed by atoms with Gasteiger partial charge in [-0.2, -0.15) is 0 Å². The number of aromatic hydroxyl groups is 1. The quantitative estimate of drug-likeness (QED) is 0.756. The first-order valence-corrected chi connectivity index (χ1v) is 7.61. The molecule has 3 heteroatoms. The van der Waals surface area contributed by atoms with Gasteiger partial charge < -0.3 is 10.4 Å². The molecule has 0 spiro atoms. The first-order valence-electron chi connectivity index (χ1n) is 7.61. The molecule has 112 valence electrons. The van der Waals surface area contributed by atoms with Crippen molar-refractivity contribution in [3.05, 3.63) is 36.4 Å². The first-order chi connectivity index (χ1) is 10.1. The Labute approximate surface area is 126 Å². The van der Waals surface area contributed by atoms with E-state index >= 15 is 0 Å². The summed E-state index contributed by atoms with van der Waals surface area (Å²) >= 11 is 0. The van der Waals surface area contributed by atoms with Gasteiger partial charge in [0.1, 0.15) is 5.75 Å². The number of rotatable bonds is 6. The third-order valence-corrected chi connectivity index (χ3v) is 3.94. The molecule has 21 heavy (non-hydrogen) atoms. The minimum Gasteiger partial charge on any atom is -0.506 e. The molecule has 0 bridgehead atoms. The van der Waals surface area contributed by atoms with Gasteiger partial charge in [-0.3, -0.25) is 4.79 Å². The van der Waals surface area contributed by atoms with E-state index in [0.29, 0.717) is 18.0 Å². The van der Waals surface area contributed by atoms with Crippen molar-refractivity contribution in [2.75, 3.05) is 5.32 Å². The van der Waals surface area contributed by atoms with Gasteiger partial charge in [0.05, 0.1) is 5.69 Å². The predicted octanol–water partition coefficient (Wildman–Crippen LogP) is 4.70. The molecule has 2 rings (SSSR count). The van der Waals surface area contributed by atoms with Crippen LogP contribution in [0.5, 0.6) is 5.75 Å². The summed E-state index contributed by atoms with van der Waals surface area (Å²) in [4.78, 5) is 11.9. The van der Waals surface area contributed by atoms with Crippen LogP contribution in [-0.2, 0) is 4.79 Å². The number of hydrogen-bond acceptors (Lipinski definition) is 2. The molecule has 2 aromatic carbocycles. The summed E-state index contributed by atoms with van der Waals surface area (Å²) in [5, 5.41) is 14.8. The molecule has 2 aromatic rings. The highest BCUT2D eigenvalue weighted by Crippen LogP contribution is 2.29. The first kappa shape index (κ1) is 15.4. The van der Waals surface area contributed by atoms with Gasteiger partial charge in [-0.1, -0.05) is 51.0 Å². The average molecular weight is 285 g/mol. The van der Waals surface area contributed by atoms with Gasteiger partial charge in [0, 0.05) is 6.42 Å². The lowest BCUT2D eigenvalue weighted by molar-refractivity contribution is -0.116. The van der Waals surface area contributed by atoms with Crippen molar-refractivity contribution >= 4 is 22.4 Å². The van der Waals surface area contributed by atoms with Crippen LogP contribution in [0.25, 0.3) is 10.8 Å². The number of amides is 1. The molecule has 0 aromatic heterocycles. The van der Waals surface area contributed by atoms with Crippen LogP contribution in [0.4, 0.5) is 5.69 Å². The number of phenolic OH excluding ortho intramolecular Hbond substituents is 1. The number of carbonyl (C=O) groups is 1. The zero-order valence-electron chi connectivity index (χ0n) is 12.7. The average Bonchev–Trinajstić information content (AvgIpc) is 2.47. The fraction of sp³-hybridized carbons (Fsp3) is 0.389. The van der Waals surface area contributed by atoms with Crippen molar-refractivity contribution in [1.82, 2.24) is 0 Å². The Morgan fingerprint density at radius 1 is 1.24 bits per heavy atom. The van der Waals surface area contributed by atoms with E-state index in [-0.39, 0.29) is 11.7 Å². The van der Waals surface area contributed by atoms with Crippen LogP contribution < -0.4 is 5.32 Å². The van der Waals surface area contributed by atoms with Crippen molar-refractivity contribution in [2.24, 2.45) is 5.92 Å². The largest absolute Gasteiger partial charge is 0.506 e. The fourth-order valence-corrected chi connectivity index (χ4v) is 2.36. The lowest BCUT2D eigenvalue weighted by atomic mass is 10.0. The van der Waals surface area contributed by atoms with Gasteiger partial charge in [0.2, 0.25) is 5.91 Å². The highest BCUT2D eigenvalue weighted by Gasteiger charge is 2.08. The maximum atomic E-state index is 11.9. The maximum Gasteiger partial charge on any atom is 0.224 e. The van der Waals surface area contributed by atoms with Gasteiger partial charge in [-0.05, 0) is 35.2 Å². The smallest absolute Gasteiger partial charge is 0.224 e. The SMILES string of the molecule is CCC(C)CCCC(=O)Nc1cc2ccccc2cc1O. The molecule has 3 nitrogen and oxygen atoms in total. The molecule has 0 aliphatic carbocycles. The van der Waals surface area contributed by atoms with E-state index in [2.05, 4.69) is 19.2 Å². The molecule has 2 N–H and O–H groups in total. The van der Waals surface area contributed by atoms with Gasteiger partial charge in [-0.15, -0.1) is 0 Å². The number of nitrogens with one attached hydrogen (secondary N) is 1. The van der Waals surface area contributed by atoms with Crippen LogP contribution in [-0.4, -0.2) is 11.0 Å². The number of carbonyl (C=O) groups excluding carboxylic acids is 1. The van der Waals surface area contributed by atoms with Crippen LogP contribution in [0, 0.1) is 5.92 Å². The van der Waals surface area contributed by atoms with Crippen molar-refractivity contribution < 1.29 is 9.90 Å². The molecule has 0 saturated heterocycles. The normalized spacial score (nSPS) is 12.3. The molecular weight excluding hydrogens is 262 g/mol. The number of anilines is 1. The van der Waals surface area contributed by atoms with Crippen LogP contribution >= 0.6 is 0 Å². The summed E-state index contributed by atoms with van der Waals surface area (Å²) in [7, 11) is 0. The van der Waals surface area contributed by atoms with E-state index in [9.17, 15) is 9.90 Å². The molecule has 0 aliphatic rings. The van der Waals surface area contributed by atoms with Crippen molar-refractivity contribution in [2.45, 2.75) is 39.5 Å². The second-order valence-corrected chi connectivity index (χ2v) is 5.67. The van der Waals surface area contributed by atoms with Crippen LogP contribution in [0.1, 0.15) is 39.5 Å². The Kier molecular flexibility index (Phi) is 5.20. The number of phenols is 1. The molecule has 0 heterocycles. The summed E-state index contributed by atoms with van der Waals surface area (Å²) in [6.45, 7) is 4.37. The Bertz CT molecular complexity index is 622. The standard InChI is InChI=1S/C18H23NO2/c1-3-13(2)7-6-10-18(21)19-16-11-14-8-4-5-9-15(14)12-17(16)20/h4-5,8-9,11-13,20H,3,6-7,10H2,1-2H3,(H,19,21). The highest BCUT2D eigenvalue weighted by atomic mass is 16.3. The zero-order chi connectivity index (χ0) is 15.2. The zero-order valence-corrected chi connectivity index (χ0v) is 12.7. The number of fused-ring (bicyclic) bond motifs is 1. The van der Waals surface area contributed by atoms with E-state index in [0.717, 1.165) is 30.0 Å². The molecular formula is C18H23NO2. The Morgan fingerprint density at radius 3 is 2.57 bits per heavy atom. The van der Waals surface area contributed by atoms with Crippen molar-refractivity contribution in [3.63, 3.8) is 0 Å². The van der Waals surface area contributed by atoms with Gasteiger partial charge >= 0.3 is 0 Å². The molecule has 0 radical (unpaired) electrons. The second kappa shape index (κ2) is 7.11. The van der Waals surface area contributed by atoms with Crippen LogP contribution in [0.2, 0.25) is 0 Å². The fourth-order valence-electron chi connectivity index (χ4n) is 2.36. The number of hydrogen-bond donors (Lipinski definition) is 2.